The number of fused-ring (bicyclic) bond motifs is 3. The first kappa shape index (κ1) is 34.0. The van der Waals surface area contributed by atoms with Crippen LogP contribution in [0.25, 0.3) is 5.69 Å². The Kier molecular flexibility index (Phi) is 11.5. The van der Waals surface area contributed by atoms with Crippen LogP contribution in [0.4, 0.5) is 0 Å². The van der Waals surface area contributed by atoms with Gasteiger partial charge in [0.15, 0.2) is 0 Å². The number of nitrogens with zero attached hydrogens (tertiary/aromatic N) is 2. The average Bonchev–Trinajstić information content (AvgIpc) is 3.44. The number of benzene rings is 1. The van der Waals surface area contributed by atoms with Gasteiger partial charge in [-0.05, 0) is 81.9 Å². The van der Waals surface area contributed by atoms with Gasteiger partial charge < -0.3 is 24.0 Å². The van der Waals surface area contributed by atoms with Gasteiger partial charge in [0.2, 0.25) is 5.91 Å². The van der Waals surface area contributed by atoms with Crippen molar-refractivity contribution in [2.75, 3.05) is 20.2 Å². The van der Waals surface area contributed by atoms with Crippen LogP contribution in [0, 0.1) is 17.3 Å². The van der Waals surface area contributed by atoms with Gasteiger partial charge in [-0.1, -0.05) is 56.5 Å². The number of aromatic nitrogens is 1. The van der Waals surface area contributed by atoms with Crippen molar-refractivity contribution in [1.29, 1.82) is 0 Å². The fraction of sp³-hybridized carbons (Fsp3) is 0.556. The lowest BCUT2D eigenvalue weighted by atomic mass is 9.80. The molecule has 1 fully saturated rings. The molecule has 4 atom stereocenters. The van der Waals surface area contributed by atoms with E-state index in [1.54, 1.807) is 7.11 Å². The van der Waals surface area contributed by atoms with Gasteiger partial charge in [0.1, 0.15) is 6.10 Å². The highest BCUT2D eigenvalue weighted by atomic mass is 35.5. The zero-order valence-corrected chi connectivity index (χ0v) is 27.8. The highest BCUT2D eigenvalue weighted by Crippen LogP contribution is 2.50. The van der Waals surface area contributed by atoms with Crippen molar-refractivity contribution < 1.29 is 24.2 Å². The molecule has 1 aliphatic carbocycles. The Labute approximate surface area is 267 Å². The second kappa shape index (κ2) is 14.9. The predicted molar refractivity (Wildman–Crippen MR) is 175 cm³/mol. The molecule has 0 saturated carbocycles. The molecular weight excluding hydrogens is 576 g/mol. The first-order valence-electron chi connectivity index (χ1n) is 16.0. The fourth-order valence-electron chi connectivity index (χ4n) is 6.64. The molecular formula is C36H49ClN2O5. The number of hydrogen-bond donors (Lipinski definition) is 1. The number of hydrogen-bond acceptors (Lipinski definition) is 4. The number of rotatable bonds is 8. The minimum atomic E-state index is -0.875. The van der Waals surface area contributed by atoms with E-state index in [1.165, 1.54) is 12.8 Å². The fourth-order valence-corrected chi connectivity index (χ4v) is 6.82. The molecule has 1 aromatic heterocycles. The van der Waals surface area contributed by atoms with Crippen molar-refractivity contribution in [3.63, 3.8) is 0 Å². The molecule has 7 nitrogen and oxygen atoms in total. The second-order valence-electron chi connectivity index (χ2n) is 12.9. The molecule has 0 bridgehead atoms. The van der Waals surface area contributed by atoms with E-state index in [9.17, 15) is 9.59 Å². The summed E-state index contributed by atoms with van der Waals surface area (Å²) in [5, 5.41) is 9.69. The third-order valence-electron chi connectivity index (χ3n) is 9.36. The van der Waals surface area contributed by atoms with E-state index in [0.717, 1.165) is 35.4 Å². The van der Waals surface area contributed by atoms with Crippen LogP contribution in [-0.2, 0) is 19.1 Å². The van der Waals surface area contributed by atoms with Crippen molar-refractivity contribution in [1.82, 2.24) is 9.47 Å². The number of carboxylic acids is 1. The summed E-state index contributed by atoms with van der Waals surface area (Å²) < 4.78 is 15.2. The van der Waals surface area contributed by atoms with E-state index >= 15 is 0 Å². The number of ether oxygens (including phenoxy) is 2. The van der Waals surface area contributed by atoms with Crippen molar-refractivity contribution in [2.24, 2.45) is 17.3 Å². The van der Waals surface area contributed by atoms with Gasteiger partial charge in [-0.3, -0.25) is 9.59 Å². The predicted octanol–water partition coefficient (Wildman–Crippen LogP) is 8.33. The van der Waals surface area contributed by atoms with Gasteiger partial charge in [0, 0.05) is 49.3 Å². The van der Waals surface area contributed by atoms with Crippen LogP contribution in [-0.4, -0.2) is 52.8 Å². The van der Waals surface area contributed by atoms with Gasteiger partial charge >= 0.3 is 5.97 Å². The van der Waals surface area contributed by atoms with Crippen molar-refractivity contribution in [3.05, 3.63) is 76.6 Å². The summed E-state index contributed by atoms with van der Waals surface area (Å²) in [5.41, 5.74) is 3.10. The van der Waals surface area contributed by atoms with Crippen LogP contribution >= 0.6 is 11.6 Å². The number of carboxylic acid groups (broad SMARTS) is 1. The Morgan fingerprint density at radius 3 is 2.48 bits per heavy atom. The number of carbonyl (C=O) groups is 2. The maximum absolute atomic E-state index is 14.2. The summed E-state index contributed by atoms with van der Waals surface area (Å²) in [4.78, 5) is 27.1. The van der Waals surface area contributed by atoms with Crippen LogP contribution in [0.1, 0.15) is 96.6 Å². The minimum absolute atomic E-state index is 0.0447. The molecule has 5 rings (SSSR count). The summed E-state index contributed by atoms with van der Waals surface area (Å²) in [7, 11) is 1.72. The molecule has 1 saturated heterocycles. The molecule has 0 spiro atoms. The summed E-state index contributed by atoms with van der Waals surface area (Å²) in [5.74, 6) is -0.503. The molecule has 3 heterocycles. The number of unbranched alkanes of at least 4 members (excludes halogenated alkanes) is 1. The van der Waals surface area contributed by atoms with Crippen LogP contribution < -0.4 is 0 Å². The molecule has 44 heavy (non-hydrogen) atoms. The summed E-state index contributed by atoms with van der Waals surface area (Å²) in [6.07, 6.45) is 12.3. The molecule has 1 N–H and O–H groups in total. The van der Waals surface area contributed by atoms with Crippen molar-refractivity contribution in [3.8, 4) is 5.69 Å². The van der Waals surface area contributed by atoms with Gasteiger partial charge in [0.25, 0.3) is 0 Å². The highest BCUT2D eigenvalue weighted by Gasteiger charge is 2.48. The maximum atomic E-state index is 14.2. The first-order chi connectivity index (χ1) is 21.0. The standard InChI is InChI=1S/C32H39ClN2O5.C4H10/c1-20-7-5-8-23(28(20)39-4)29-24-19-22(33)11-12-25(24)35-16-6-9-26(35)30(40-29)32(2,3)31(38)34-17-14-21(15-18-34)10-13-27(36)37;1-3-4-2/h5-9,11-12,16,19,21,23,28-30H,10,13-15,17-18H2,1-4H3,(H,36,37);3-4H2,1-2H3. The van der Waals surface area contributed by atoms with Gasteiger partial charge in [0.05, 0.1) is 29.0 Å². The highest BCUT2D eigenvalue weighted by molar-refractivity contribution is 6.30. The molecule has 2 aliphatic heterocycles. The number of likely N-dealkylation sites (tertiary alicyclic amines) is 1. The zero-order chi connectivity index (χ0) is 32.0. The number of piperidine rings is 1. The molecule has 4 unspecified atom stereocenters. The Morgan fingerprint density at radius 1 is 1.14 bits per heavy atom. The van der Waals surface area contributed by atoms with E-state index < -0.39 is 23.6 Å². The van der Waals surface area contributed by atoms with Crippen LogP contribution in [0.5, 0.6) is 0 Å². The lowest BCUT2D eigenvalue weighted by molar-refractivity contribution is -0.160. The largest absolute Gasteiger partial charge is 0.481 e. The summed E-state index contributed by atoms with van der Waals surface area (Å²) in [6, 6.07) is 9.91. The third-order valence-corrected chi connectivity index (χ3v) is 9.59. The second-order valence-corrected chi connectivity index (χ2v) is 13.3. The van der Waals surface area contributed by atoms with Gasteiger partial charge in [-0.15, -0.1) is 0 Å². The molecule has 3 aliphatic rings. The van der Waals surface area contributed by atoms with Crippen molar-refractivity contribution >= 4 is 23.5 Å². The Hall–Kier alpha value is -2.87. The number of halogens is 1. The van der Waals surface area contributed by atoms with E-state index in [0.29, 0.717) is 30.5 Å². The summed E-state index contributed by atoms with van der Waals surface area (Å²) >= 11 is 6.55. The van der Waals surface area contributed by atoms with Gasteiger partial charge in [-0.25, -0.2) is 0 Å². The van der Waals surface area contributed by atoms with Crippen LogP contribution in [0.2, 0.25) is 5.02 Å². The topological polar surface area (TPSA) is 81.0 Å². The zero-order valence-electron chi connectivity index (χ0n) is 27.1. The molecule has 1 aromatic carbocycles. The quantitative estimate of drug-likeness (QED) is 0.319. The molecule has 1 amide bonds. The molecule has 0 radical (unpaired) electrons. The monoisotopic (exact) mass is 624 g/mol. The summed E-state index contributed by atoms with van der Waals surface area (Å²) in [6.45, 7) is 11.6. The smallest absolute Gasteiger partial charge is 0.303 e. The first-order valence-corrected chi connectivity index (χ1v) is 16.4. The van der Waals surface area contributed by atoms with Crippen LogP contribution in [0.3, 0.4) is 0 Å². The number of aliphatic carboxylic acids is 1. The number of amides is 1. The average molecular weight is 625 g/mol. The van der Waals surface area contributed by atoms with E-state index in [-0.39, 0.29) is 24.3 Å². The number of methoxy groups -OCH3 is 1. The van der Waals surface area contributed by atoms with Gasteiger partial charge in [-0.2, -0.15) is 0 Å². The molecule has 8 heteroatoms. The number of allylic oxidation sites excluding steroid dienone is 2. The normalized spacial score (nSPS) is 23.5. The molecule has 240 valence electrons. The number of carbonyl (C=O) groups excluding carboxylic acids is 1. The van der Waals surface area contributed by atoms with E-state index in [2.05, 4.69) is 37.5 Å². The van der Waals surface area contributed by atoms with E-state index in [1.807, 2.05) is 61.4 Å². The third kappa shape index (κ3) is 7.32. The molecule has 2 aromatic rings. The van der Waals surface area contributed by atoms with Crippen molar-refractivity contribution in [2.45, 2.75) is 91.5 Å². The Morgan fingerprint density at radius 2 is 1.84 bits per heavy atom. The lowest BCUT2D eigenvalue weighted by Crippen LogP contribution is -2.48. The Balaban J connectivity index is 0.00000104. The van der Waals surface area contributed by atoms with E-state index in [4.69, 9.17) is 26.2 Å². The van der Waals surface area contributed by atoms with Crippen LogP contribution in [0.15, 0.2) is 60.3 Å². The Bertz CT molecular complexity index is 1350. The lowest BCUT2D eigenvalue weighted by Gasteiger charge is -2.42. The maximum Gasteiger partial charge on any atom is 0.303 e. The SMILES string of the molecule is CCCC.COC1C(C)=CC=CC1C1OC(C(C)(C)C(=O)N2CCC(CCC(=O)O)CC2)c2cccn2-c2ccc(Cl)cc21. The minimum Gasteiger partial charge on any atom is -0.481 e.